The number of aliphatic hydroxyl groups excluding tert-OH is 1. The normalized spacial score (nSPS) is 16.0. The number of ether oxygens (including phenoxy) is 3. The van der Waals surface area contributed by atoms with E-state index in [0.717, 1.165) is 78.3 Å². The molecule has 2 saturated heterocycles. The van der Waals surface area contributed by atoms with Gasteiger partial charge < -0.3 is 61.1 Å². The first-order valence-electron chi connectivity index (χ1n) is 29.7. The molecule has 8 N–H and O–H groups in total. The third kappa shape index (κ3) is 21.9. The zero-order valence-corrected chi connectivity index (χ0v) is 52.3. The fourth-order valence-corrected chi connectivity index (χ4v) is 10.6. The summed E-state index contributed by atoms with van der Waals surface area (Å²) in [4.78, 5) is 93.2. The van der Waals surface area contributed by atoms with E-state index in [4.69, 9.17) is 19.9 Å². The Bertz CT molecular complexity index is 3130. The highest BCUT2D eigenvalue weighted by Gasteiger charge is 2.44. The van der Waals surface area contributed by atoms with Crippen molar-refractivity contribution in [3.05, 3.63) is 123 Å². The van der Waals surface area contributed by atoms with Gasteiger partial charge in [-0.2, -0.15) is 13.2 Å². The number of anilines is 2. The monoisotopic (exact) mass is 1250 g/mol. The zero-order chi connectivity index (χ0) is 64.0. The molecule has 480 valence electrons. The molecule has 7 rings (SSSR count). The molecule has 88 heavy (non-hydrogen) atoms. The van der Waals surface area contributed by atoms with Crippen molar-refractivity contribution in [1.82, 2.24) is 45.5 Å². The van der Waals surface area contributed by atoms with Crippen molar-refractivity contribution in [2.75, 3.05) is 117 Å². The number of nitrogen functional groups attached to an aromatic ring is 1. The second-order valence-electron chi connectivity index (χ2n) is 22.8. The van der Waals surface area contributed by atoms with Crippen molar-refractivity contribution >= 4 is 52.2 Å². The van der Waals surface area contributed by atoms with Crippen molar-refractivity contribution in [3.63, 3.8) is 0 Å². The number of likely N-dealkylation sites (tertiary alicyclic amines) is 1. The zero-order valence-electron chi connectivity index (χ0n) is 51.4. The van der Waals surface area contributed by atoms with E-state index in [2.05, 4.69) is 66.8 Å². The lowest BCUT2D eigenvalue weighted by Crippen LogP contribution is -2.57. The fraction of sp³-hybridized carbons (Fsp3) is 0.508. The van der Waals surface area contributed by atoms with Crippen LogP contribution in [0.2, 0.25) is 0 Å². The topological polar surface area (TPSA) is 266 Å². The number of β-amino-alcohol motifs (C(OH)–C–C–N with tert-alkyl or cyclic N) is 1. The van der Waals surface area contributed by atoms with Crippen molar-refractivity contribution in [2.24, 2.45) is 5.41 Å². The summed E-state index contributed by atoms with van der Waals surface area (Å²) in [5, 5.41) is 21.7. The number of piperazine rings is 1. The number of hydrogen-bond donors (Lipinski definition) is 7. The van der Waals surface area contributed by atoms with Crippen LogP contribution in [0.1, 0.15) is 86.6 Å². The van der Waals surface area contributed by atoms with Crippen LogP contribution in [-0.2, 0) is 52.7 Å². The summed E-state index contributed by atoms with van der Waals surface area (Å²) in [6.07, 6.45) is -4.80. The number of nitrogens with two attached hydrogens (primary N) is 1. The van der Waals surface area contributed by atoms with Gasteiger partial charge in [0.2, 0.25) is 29.2 Å². The maximum absolute atomic E-state index is 14.0. The lowest BCUT2D eigenvalue weighted by molar-refractivity contribution is -0.144. The molecule has 2 fully saturated rings. The Balaban J connectivity index is 0.00000196. The van der Waals surface area contributed by atoms with Gasteiger partial charge in [0.1, 0.15) is 12.1 Å². The number of alkyl halides is 3. The fourth-order valence-electron chi connectivity index (χ4n) is 9.76. The standard InChI is InChI=1S/C58H73F3N10O10S.C5H13N/c1-37-52(82-36-66-37)40-10-8-38(9-11-40)32-65-55(77)48-30-43(72)35-71(48)56(78)53(57(2,3)4)68-50(74)15-23-80-25-27-81-26-24-79-22-14-49(73)63-16-17-69-18-20-70(21-19-69)34-39-6-5-7-41(28-39)42-12-13-46(62)47(29-42)67-54(76)44-33-64-51(75)31-45(44)58(59,60)61;1-4-6(3)5-2/h5-13,28-29,31,33,36,43,48,53,72H,14-27,30,32,34-35,62H2,1-4H3,(H,63,73)(H,64,75)(H,65,77)(H,67,76)(H,68,74);4-5H2,1-3H3/t43-,48+,53-;/m1./s1. The Morgan fingerprint density at radius 1 is 0.818 bits per heavy atom. The van der Waals surface area contributed by atoms with E-state index in [1.807, 2.05) is 76.2 Å². The van der Waals surface area contributed by atoms with Crippen molar-refractivity contribution < 1.29 is 56.5 Å². The summed E-state index contributed by atoms with van der Waals surface area (Å²) in [6.45, 7) is 20.8. The van der Waals surface area contributed by atoms with E-state index in [1.165, 1.54) is 4.90 Å². The van der Waals surface area contributed by atoms with Gasteiger partial charge in [0.05, 0.1) is 84.3 Å². The second-order valence-corrected chi connectivity index (χ2v) is 23.7. The number of amides is 5. The van der Waals surface area contributed by atoms with E-state index < -0.39 is 64.2 Å². The molecular weight excluding hydrogens is 1160 g/mol. The molecule has 0 unspecified atom stereocenters. The number of pyridine rings is 1. The van der Waals surface area contributed by atoms with E-state index in [-0.39, 0.29) is 95.2 Å². The van der Waals surface area contributed by atoms with Crippen LogP contribution in [0.5, 0.6) is 0 Å². The summed E-state index contributed by atoms with van der Waals surface area (Å²) in [6, 6.07) is 19.0. The SMILES string of the molecule is CCN(C)CC.Cc1ncsc1-c1ccc(CNC(=O)[C@@H]2C[C@@H](O)CN2C(=O)[C@@H](NC(=O)CCOCCOCCOCCC(=O)NCCN2CCN(Cc3cccc(-c4ccc(N)c(NC(=O)c5c[nH]c(=O)cc5C(F)(F)F)c4)c3)CC2)C(C)(C)C)cc1. The van der Waals surface area contributed by atoms with Crippen LogP contribution in [0.25, 0.3) is 21.6 Å². The van der Waals surface area contributed by atoms with Crippen molar-refractivity contribution in [2.45, 2.75) is 98.3 Å². The van der Waals surface area contributed by atoms with E-state index in [9.17, 15) is 47.0 Å². The highest BCUT2D eigenvalue weighted by atomic mass is 32.1. The van der Waals surface area contributed by atoms with Crippen LogP contribution in [0.3, 0.4) is 0 Å². The number of hydrogen-bond acceptors (Lipinski definition) is 16. The van der Waals surface area contributed by atoms with Crippen molar-refractivity contribution in [3.8, 4) is 21.6 Å². The molecule has 2 aromatic heterocycles. The first kappa shape index (κ1) is 70.0. The molecular formula is C63H86F3N11O10S. The Morgan fingerprint density at radius 3 is 2.06 bits per heavy atom. The quantitative estimate of drug-likeness (QED) is 0.0219. The van der Waals surface area contributed by atoms with Gasteiger partial charge in [-0.1, -0.05) is 83.1 Å². The van der Waals surface area contributed by atoms with Crippen LogP contribution in [0.4, 0.5) is 24.5 Å². The predicted octanol–water partition coefficient (Wildman–Crippen LogP) is 6.16. The first-order valence-corrected chi connectivity index (χ1v) is 30.6. The molecule has 0 radical (unpaired) electrons. The molecule has 5 aromatic rings. The minimum Gasteiger partial charge on any atom is -0.397 e. The van der Waals surface area contributed by atoms with Crippen LogP contribution in [0.15, 0.2) is 89.3 Å². The van der Waals surface area contributed by atoms with Crippen LogP contribution in [0, 0.1) is 12.3 Å². The van der Waals surface area contributed by atoms with E-state index >= 15 is 0 Å². The van der Waals surface area contributed by atoms with E-state index in [1.54, 1.807) is 35.0 Å². The summed E-state index contributed by atoms with van der Waals surface area (Å²) < 4.78 is 57.6. The highest BCUT2D eigenvalue weighted by Crippen LogP contribution is 2.34. The average molecular weight is 1250 g/mol. The largest absolute Gasteiger partial charge is 0.417 e. The first-order chi connectivity index (χ1) is 41.9. The Labute approximate surface area is 516 Å². The number of nitrogens with one attached hydrogen (secondary N) is 5. The van der Waals surface area contributed by atoms with Gasteiger partial charge in [-0.15, -0.1) is 11.3 Å². The summed E-state index contributed by atoms with van der Waals surface area (Å²) >= 11 is 1.56. The number of nitrogens with zero attached hydrogens (tertiary/aromatic N) is 5. The van der Waals surface area contributed by atoms with Crippen LogP contribution < -0.4 is 32.6 Å². The lowest BCUT2D eigenvalue weighted by atomic mass is 9.85. The van der Waals surface area contributed by atoms with Gasteiger partial charge >= 0.3 is 6.18 Å². The van der Waals surface area contributed by atoms with Gasteiger partial charge in [0.25, 0.3) is 5.91 Å². The predicted molar refractivity (Wildman–Crippen MR) is 333 cm³/mol. The number of halogens is 3. The van der Waals surface area contributed by atoms with Gasteiger partial charge in [0, 0.05) is 90.4 Å². The number of H-pyrrole nitrogens is 1. The van der Waals surface area contributed by atoms with Gasteiger partial charge in [-0.3, -0.25) is 38.6 Å². The molecule has 0 spiro atoms. The molecule has 25 heteroatoms. The molecule has 5 amide bonds. The number of aryl methyl sites for hydroxylation is 1. The second kappa shape index (κ2) is 34.0. The molecule has 4 heterocycles. The summed E-state index contributed by atoms with van der Waals surface area (Å²) in [7, 11) is 2.11. The van der Waals surface area contributed by atoms with E-state index in [0.29, 0.717) is 31.3 Å². The van der Waals surface area contributed by atoms with Gasteiger partial charge in [-0.25, -0.2) is 4.98 Å². The molecule has 21 nitrogen and oxygen atoms in total. The van der Waals surface area contributed by atoms with Gasteiger partial charge in [0.15, 0.2) is 0 Å². The lowest BCUT2D eigenvalue weighted by Gasteiger charge is -2.35. The number of thiazole rings is 1. The van der Waals surface area contributed by atoms with Crippen LogP contribution in [-0.4, -0.2) is 188 Å². The molecule has 0 saturated carbocycles. The third-order valence-corrected chi connectivity index (χ3v) is 16.1. The summed E-state index contributed by atoms with van der Waals surface area (Å²) in [5.41, 5.74) is 9.82. The Kier molecular flexibility index (Phi) is 27.1. The number of rotatable bonds is 28. The number of aromatic nitrogens is 2. The number of aromatic amines is 1. The molecule has 0 aliphatic carbocycles. The average Bonchev–Trinajstić information content (AvgIpc) is 2.16. The minimum absolute atomic E-state index is 0.00822. The maximum Gasteiger partial charge on any atom is 0.417 e. The molecule has 2 aliphatic rings. The molecule has 2 aliphatic heterocycles. The molecule has 3 aromatic carbocycles. The minimum atomic E-state index is -4.92. The Hall–Kier alpha value is -7.10. The smallest absolute Gasteiger partial charge is 0.397 e. The Morgan fingerprint density at radius 2 is 1.44 bits per heavy atom. The highest BCUT2D eigenvalue weighted by molar-refractivity contribution is 7.13. The number of aliphatic hydroxyl groups is 1. The summed E-state index contributed by atoms with van der Waals surface area (Å²) in [5.74, 6) is -2.41. The molecule has 0 bridgehead atoms. The number of carbonyl (C=O) groups is 5. The third-order valence-electron chi connectivity index (χ3n) is 15.1. The van der Waals surface area contributed by atoms with Gasteiger partial charge in [-0.05, 0) is 78.5 Å². The maximum atomic E-state index is 14.0. The number of carbonyl (C=O) groups excluding carboxylic acids is 5. The number of benzene rings is 3. The van der Waals surface area contributed by atoms with Crippen LogP contribution >= 0.6 is 11.3 Å². The van der Waals surface area contributed by atoms with Crippen molar-refractivity contribution in [1.29, 1.82) is 0 Å². The molecule has 3 atom stereocenters.